The summed E-state index contributed by atoms with van der Waals surface area (Å²) in [6.45, 7) is 5.82. The first kappa shape index (κ1) is 39.6. The van der Waals surface area contributed by atoms with Crippen LogP contribution in [0.15, 0.2) is 60.9 Å². The Morgan fingerprint density at radius 1 is 0.946 bits per heavy atom. The van der Waals surface area contributed by atoms with E-state index in [9.17, 15) is 40.7 Å². The third-order valence-corrected chi connectivity index (χ3v) is 11.3. The summed E-state index contributed by atoms with van der Waals surface area (Å²) in [7, 11) is 0. The van der Waals surface area contributed by atoms with Crippen LogP contribution in [0.1, 0.15) is 90.3 Å². The third kappa shape index (κ3) is 7.96. The standard InChI is InChI=1S/C41H44F6N4O5/c1-37(2,3)56-35(53)33-28(5-4-6-32(33)27-11-13-40(43,44)14-12-27)21-55-22-30-20-49(23-38(30)24-50(25-38)36(54)39(15-16-39)41(45,46)47)34(52)29-17-48-51(19-29)18-26-7-9-31(42)10-8-26/h4-11,17,19,30H,12-16,18,20-25H2,1-3H3. The number of amides is 2. The van der Waals surface area contributed by atoms with Gasteiger partial charge in [-0.1, -0.05) is 36.4 Å². The molecule has 3 heterocycles. The highest BCUT2D eigenvalue weighted by molar-refractivity contribution is 5.97. The molecule has 1 spiro atoms. The molecule has 15 heteroatoms. The van der Waals surface area contributed by atoms with E-state index in [1.54, 1.807) is 66.9 Å². The van der Waals surface area contributed by atoms with Gasteiger partial charge >= 0.3 is 12.1 Å². The van der Waals surface area contributed by atoms with Crippen molar-refractivity contribution in [3.8, 4) is 0 Å². The van der Waals surface area contributed by atoms with Crippen molar-refractivity contribution in [1.82, 2.24) is 19.6 Å². The molecule has 9 nitrogen and oxygen atoms in total. The van der Waals surface area contributed by atoms with Crippen molar-refractivity contribution in [2.45, 2.75) is 83.7 Å². The van der Waals surface area contributed by atoms with Crippen molar-refractivity contribution in [3.63, 3.8) is 0 Å². The summed E-state index contributed by atoms with van der Waals surface area (Å²) in [5.41, 5.74) is -1.13. The Bertz CT molecular complexity index is 2030. The van der Waals surface area contributed by atoms with Crippen LogP contribution in [0, 0.1) is 22.6 Å². The largest absolute Gasteiger partial charge is 0.456 e. The highest BCUT2D eigenvalue weighted by Gasteiger charge is 2.71. The van der Waals surface area contributed by atoms with Gasteiger partial charge in [-0.3, -0.25) is 14.3 Å². The molecule has 56 heavy (non-hydrogen) atoms. The Hall–Kier alpha value is -4.66. The lowest BCUT2D eigenvalue weighted by atomic mass is 9.71. The topological polar surface area (TPSA) is 94.0 Å². The van der Waals surface area contributed by atoms with E-state index >= 15 is 0 Å². The smallest absolute Gasteiger partial charge is 0.403 e. The molecule has 0 radical (unpaired) electrons. The molecule has 1 atom stereocenters. The molecular weight excluding hydrogens is 742 g/mol. The van der Waals surface area contributed by atoms with Crippen LogP contribution in [0.4, 0.5) is 26.3 Å². The molecular formula is C41H44F6N4O5. The number of rotatable bonds is 10. The minimum Gasteiger partial charge on any atom is -0.456 e. The number of alkyl halides is 5. The predicted molar refractivity (Wildman–Crippen MR) is 192 cm³/mol. The zero-order valence-corrected chi connectivity index (χ0v) is 31.4. The molecule has 3 fully saturated rings. The molecule has 300 valence electrons. The average Bonchev–Trinajstić information content (AvgIpc) is 3.67. The third-order valence-electron chi connectivity index (χ3n) is 11.3. The first-order chi connectivity index (χ1) is 26.3. The minimum atomic E-state index is -4.66. The Morgan fingerprint density at radius 3 is 2.27 bits per heavy atom. The van der Waals surface area contributed by atoms with E-state index in [0.29, 0.717) is 28.8 Å². The van der Waals surface area contributed by atoms with Gasteiger partial charge in [-0.15, -0.1) is 0 Å². The number of carbonyl (C=O) groups is 3. The monoisotopic (exact) mass is 786 g/mol. The summed E-state index contributed by atoms with van der Waals surface area (Å²) < 4.78 is 96.7. The summed E-state index contributed by atoms with van der Waals surface area (Å²) in [5.74, 6) is -5.52. The predicted octanol–water partition coefficient (Wildman–Crippen LogP) is 7.69. The normalized spacial score (nSPS) is 21.1. The molecule has 1 aromatic heterocycles. The molecule has 2 aliphatic carbocycles. The highest BCUT2D eigenvalue weighted by atomic mass is 19.4. The van der Waals surface area contributed by atoms with Gasteiger partial charge in [0, 0.05) is 56.6 Å². The van der Waals surface area contributed by atoms with Crippen LogP contribution < -0.4 is 0 Å². The zero-order valence-electron chi connectivity index (χ0n) is 31.4. The van der Waals surface area contributed by atoms with Gasteiger partial charge in [0.25, 0.3) is 11.8 Å². The van der Waals surface area contributed by atoms with Crippen LogP contribution >= 0.6 is 0 Å². The van der Waals surface area contributed by atoms with E-state index in [-0.39, 0.29) is 88.3 Å². The molecule has 4 aliphatic rings. The van der Waals surface area contributed by atoms with Gasteiger partial charge in [-0.25, -0.2) is 18.0 Å². The van der Waals surface area contributed by atoms with Crippen molar-refractivity contribution in [2.24, 2.45) is 16.7 Å². The van der Waals surface area contributed by atoms with Crippen molar-refractivity contribution >= 4 is 23.4 Å². The maximum absolute atomic E-state index is 14.0. The second-order valence-electron chi connectivity index (χ2n) is 16.7. The Balaban J connectivity index is 1.10. The summed E-state index contributed by atoms with van der Waals surface area (Å²) in [6.07, 6.45) is -1.45. The fourth-order valence-electron chi connectivity index (χ4n) is 8.11. The number of ether oxygens (including phenoxy) is 2. The van der Waals surface area contributed by atoms with Crippen LogP contribution in [0.3, 0.4) is 0 Å². The van der Waals surface area contributed by atoms with E-state index in [0.717, 1.165) is 5.56 Å². The molecule has 2 amide bonds. The SMILES string of the molecule is CC(C)(C)OC(=O)c1c(COCC2CN(C(=O)c3cnn(Cc4ccc(F)cc4)c3)CC23CN(C(=O)C2(C(F)(F)F)CC2)C3)cccc1C1=CCC(F)(F)CC1. The van der Waals surface area contributed by atoms with Crippen molar-refractivity contribution < 1.29 is 50.2 Å². The summed E-state index contributed by atoms with van der Waals surface area (Å²) >= 11 is 0. The molecule has 2 aliphatic heterocycles. The number of carbonyl (C=O) groups excluding carboxylic acids is 3. The van der Waals surface area contributed by atoms with E-state index < -0.39 is 46.8 Å². The Kier molecular flexibility index (Phi) is 10.2. The molecule has 0 bridgehead atoms. The number of esters is 1. The van der Waals surface area contributed by atoms with Crippen LogP contribution in [0.2, 0.25) is 0 Å². The van der Waals surface area contributed by atoms with Gasteiger partial charge in [0.05, 0.1) is 37.1 Å². The minimum absolute atomic E-state index is 0.0166. The molecule has 2 aromatic carbocycles. The molecule has 2 saturated heterocycles. The fourth-order valence-corrected chi connectivity index (χ4v) is 8.11. The second-order valence-corrected chi connectivity index (χ2v) is 16.7. The lowest BCUT2D eigenvalue weighted by Gasteiger charge is -2.51. The summed E-state index contributed by atoms with van der Waals surface area (Å²) in [5, 5.41) is 4.30. The van der Waals surface area contributed by atoms with Gasteiger partial charge in [0.1, 0.15) is 16.8 Å². The van der Waals surface area contributed by atoms with Gasteiger partial charge in [-0.05, 0) is 74.4 Å². The number of nitrogens with zero attached hydrogens (tertiary/aromatic N) is 4. The van der Waals surface area contributed by atoms with Crippen LogP contribution in [-0.4, -0.2) is 87.8 Å². The molecule has 3 aromatic rings. The number of allylic oxidation sites excluding steroid dienone is 2. The fraction of sp³-hybridized carbons (Fsp3) is 0.512. The molecule has 0 N–H and O–H groups in total. The van der Waals surface area contributed by atoms with Crippen molar-refractivity contribution in [3.05, 3.63) is 94.6 Å². The first-order valence-corrected chi connectivity index (χ1v) is 18.7. The molecule has 1 unspecified atom stereocenters. The Labute approximate surface area is 320 Å². The van der Waals surface area contributed by atoms with Gasteiger partial charge in [-0.2, -0.15) is 18.3 Å². The number of aromatic nitrogens is 2. The summed E-state index contributed by atoms with van der Waals surface area (Å²) in [4.78, 5) is 43.5. The van der Waals surface area contributed by atoms with E-state index in [1.165, 1.54) is 29.3 Å². The van der Waals surface area contributed by atoms with Gasteiger partial charge in [0.15, 0.2) is 0 Å². The maximum Gasteiger partial charge on any atom is 0.403 e. The number of hydrogen-bond donors (Lipinski definition) is 0. The van der Waals surface area contributed by atoms with Crippen LogP contribution in [0.5, 0.6) is 0 Å². The lowest BCUT2D eigenvalue weighted by molar-refractivity contribution is -0.205. The summed E-state index contributed by atoms with van der Waals surface area (Å²) in [6, 6.07) is 11.0. The highest BCUT2D eigenvalue weighted by Crippen LogP contribution is 2.60. The maximum atomic E-state index is 14.0. The number of benzene rings is 2. The van der Waals surface area contributed by atoms with E-state index in [1.807, 2.05) is 0 Å². The Morgan fingerprint density at radius 2 is 1.64 bits per heavy atom. The lowest BCUT2D eigenvalue weighted by Crippen LogP contribution is -2.65. The van der Waals surface area contributed by atoms with Gasteiger partial charge < -0.3 is 19.3 Å². The van der Waals surface area contributed by atoms with Gasteiger partial charge in [0.2, 0.25) is 5.91 Å². The quantitative estimate of drug-likeness (QED) is 0.155. The number of hydrogen-bond acceptors (Lipinski definition) is 6. The zero-order chi connectivity index (χ0) is 40.3. The number of halogens is 6. The number of likely N-dealkylation sites (tertiary alicyclic amines) is 2. The van der Waals surface area contributed by atoms with E-state index in [2.05, 4.69) is 5.10 Å². The average molecular weight is 787 g/mol. The van der Waals surface area contributed by atoms with Crippen LogP contribution in [-0.2, 0) is 27.4 Å². The second kappa shape index (κ2) is 14.4. The van der Waals surface area contributed by atoms with Crippen LogP contribution in [0.25, 0.3) is 5.57 Å². The van der Waals surface area contributed by atoms with Crippen molar-refractivity contribution in [1.29, 1.82) is 0 Å². The first-order valence-electron chi connectivity index (χ1n) is 18.7. The molecule has 1 saturated carbocycles. The molecule has 7 rings (SSSR count). The van der Waals surface area contributed by atoms with Crippen molar-refractivity contribution in [2.75, 3.05) is 32.8 Å². The van der Waals surface area contributed by atoms with E-state index in [4.69, 9.17) is 9.47 Å².